The normalized spacial score (nSPS) is 21.9. The van der Waals surface area contributed by atoms with Crippen molar-refractivity contribution < 1.29 is 19.2 Å². The van der Waals surface area contributed by atoms with Crippen molar-refractivity contribution in [3.63, 3.8) is 0 Å². The van der Waals surface area contributed by atoms with Gasteiger partial charge < -0.3 is 15.1 Å². The van der Waals surface area contributed by atoms with Crippen LogP contribution in [-0.4, -0.2) is 83.1 Å². The molecule has 2 atom stereocenters. The lowest BCUT2D eigenvalue weighted by Gasteiger charge is -2.32. The number of benzene rings is 1. The van der Waals surface area contributed by atoms with Gasteiger partial charge in [0.15, 0.2) is 0 Å². The van der Waals surface area contributed by atoms with Gasteiger partial charge in [0.2, 0.25) is 17.7 Å². The smallest absolute Gasteiger partial charge is 0.255 e. The number of hydrogen-bond acceptors (Lipinski definition) is 6. The summed E-state index contributed by atoms with van der Waals surface area (Å²) in [6.07, 6.45) is 1.04. The van der Waals surface area contributed by atoms with Gasteiger partial charge in [-0.25, -0.2) is 0 Å². The molecule has 1 aromatic rings. The van der Waals surface area contributed by atoms with Gasteiger partial charge in [0.1, 0.15) is 6.04 Å². The average Bonchev–Trinajstić information content (AvgIpc) is 3.14. The molecule has 9 nitrogen and oxygen atoms in total. The van der Waals surface area contributed by atoms with E-state index in [1.807, 2.05) is 23.1 Å². The molecular formula is C24H33N5O4. The average molecular weight is 456 g/mol. The minimum atomic E-state index is -0.617. The van der Waals surface area contributed by atoms with Gasteiger partial charge >= 0.3 is 0 Å². The van der Waals surface area contributed by atoms with E-state index < -0.39 is 11.9 Å². The third-order valence-electron chi connectivity index (χ3n) is 6.98. The molecule has 1 aromatic carbocycles. The number of hydrogen-bond donors (Lipinski definition) is 2. The molecule has 2 unspecified atom stereocenters. The Balaban J connectivity index is 1.46. The van der Waals surface area contributed by atoms with Crippen molar-refractivity contribution in [2.75, 3.05) is 32.7 Å². The first-order chi connectivity index (χ1) is 15.9. The summed E-state index contributed by atoms with van der Waals surface area (Å²) in [7, 11) is 0. The molecule has 0 radical (unpaired) electrons. The summed E-state index contributed by atoms with van der Waals surface area (Å²) in [5, 5.41) is 5.62. The molecule has 3 heterocycles. The van der Waals surface area contributed by atoms with Crippen LogP contribution in [0, 0.1) is 0 Å². The maximum Gasteiger partial charge on any atom is 0.255 e. The molecule has 0 spiro atoms. The van der Waals surface area contributed by atoms with Crippen molar-refractivity contribution in [2.24, 2.45) is 0 Å². The van der Waals surface area contributed by atoms with Crippen LogP contribution in [-0.2, 0) is 27.5 Å². The lowest BCUT2D eigenvalue weighted by molar-refractivity contribution is -0.137. The molecule has 0 bridgehead atoms. The second-order valence-electron chi connectivity index (χ2n) is 9.10. The summed E-state index contributed by atoms with van der Waals surface area (Å²) < 4.78 is 0. The molecule has 9 heteroatoms. The van der Waals surface area contributed by atoms with E-state index in [1.165, 1.54) is 0 Å². The van der Waals surface area contributed by atoms with E-state index in [1.54, 1.807) is 4.90 Å². The molecule has 0 aliphatic carbocycles. The molecule has 3 aliphatic rings. The van der Waals surface area contributed by atoms with Gasteiger partial charge in [-0.15, -0.1) is 0 Å². The van der Waals surface area contributed by atoms with Crippen molar-refractivity contribution in [1.82, 2.24) is 25.3 Å². The minimum absolute atomic E-state index is 0.0379. The number of piperazine rings is 1. The van der Waals surface area contributed by atoms with Crippen LogP contribution in [0.25, 0.3) is 0 Å². The number of carbonyl (C=O) groups is 4. The van der Waals surface area contributed by atoms with E-state index >= 15 is 0 Å². The van der Waals surface area contributed by atoms with E-state index in [9.17, 15) is 19.2 Å². The summed E-state index contributed by atoms with van der Waals surface area (Å²) in [4.78, 5) is 55.7. The highest BCUT2D eigenvalue weighted by Gasteiger charge is 2.40. The molecule has 4 amide bonds. The van der Waals surface area contributed by atoms with Gasteiger partial charge in [-0.2, -0.15) is 0 Å². The van der Waals surface area contributed by atoms with Crippen molar-refractivity contribution in [3.8, 4) is 0 Å². The zero-order valence-electron chi connectivity index (χ0n) is 19.4. The SMILES string of the molecule is CCN(Cc1cccc2c1C(=O)N(C1CCC(=O)NC1=O)C2)C(C)CC(=O)N1CCNCC1. The van der Waals surface area contributed by atoms with E-state index in [-0.39, 0.29) is 30.2 Å². The van der Waals surface area contributed by atoms with Gasteiger partial charge in [0.05, 0.1) is 0 Å². The monoisotopic (exact) mass is 455 g/mol. The largest absolute Gasteiger partial charge is 0.340 e. The maximum absolute atomic E-state index is 13.3. The minimum Gasteiger partial charge on any atom is -0.340 e. The predicted molar refractivity (Wildman–Crippen MR) is 122 cm³/mol. The van der Waals surface area contributed by atoms with E-state index in [0.717, 1.165) is 43.9 Å². The second-order valence-corrected chi connectivity index (χ2v) is 9.10. The lowest BCUT2D eigenvalue weighted by atomic mass is 10.0. The third-order valence-corrected chi connectivity index (χ3v) is 6.98. The van der Waals surface area contributed by atoms with Crippen LogP contribution < -0.4 is 10.6 Å². The van der Waals surface area contributed by atoms with Crippen LogP contribution in [0.5, 0.6) is 0 Å². The molecule has 2 fully saturated rings. The van der Waals surface area contributed by atoms with Gasteiger partial charge in [-0.3, -0.25) is 29.4 Å². The highest BCUT2D eigenvalue weighted by molar-refractivity contribution is 6.06. The molecule has 0 aromatic heterocycles. The molecule has 3 aliphatic heterocycles. The number of carbonyl (C=O) groups excluding carboxylic acids is 4. The number of rotatable bonds is 7. The van der Waals surface area contributed by atoms with E-state index in [4.69, 9.17) is 0 Å². The van der Waals surface area contributed by atoms with Crippen LogP contribution in [0.1, 0.15) is 54.6 Å². The first kappa shape index (κ1) is 23.4. The number of imide groups is 1. The van der Waals surface area contributed by atoms with Crippen LogP contribution in [0.15, 0.2) is 18.2 Å². The Labute approximate surface area is 194 Å². The fraction of sp³-hybridized carbons (Fsp3) is 0.583. The number of nitrogens with one attached hydrogen (secondary N) is 2. The van der Waals surface area contributed by atoms with Crippen LogP contribution in [0.2, 0.25) is 0 Å². The molecule has 0 saturated carbocycles. The van der Waals surface area contributed by atoms with Gasteiger partial charge in [0, 0.05) is 63.7 Å². The Hall–Kier alpha value is -2.78. The van der Waals surface area contributed by atoms with Gasteiger partial charge in [-0.05, 0) is 31.0 Å². The van der Waals surface area contributed by atoms with Gasteiger partial charge in [-0.1, -0.05) is 25.1 Å². The molecule has 178 valence electrons. The number of nitrogens with zero attached hydrogens (tertiary/aromatic N) is 3. The van der Waals surface area contributed by atoms with E-state index in [0.29, 0.717) is 31.5 Å². The third kappa shape index (κ3) is 4.94. The van der Waals surface area contributed by atoms with Crippen LogP contribution >= 0.6 is 0 Å². The maximum atomic E-state index is 13.3. The van der Waals surface area contributed by atoms with Crippen LogP contribution in [0.3, 0.4) is 0 Å². The first-order valence-electron chi connectivity index (χ1n) is 11.9. The zero-order chi connectivity index (χ0) is 23.5. The standard InChI is InChI=1S/C24H33N5O4/c1-3-27(16(2)13-21(31)28-11-9-25-10-12-28)14-17-5-4-6-18-15-29(24(33)22(17)18)19-7-8-20(30)26-23(19)32/h4-6,16,19,25H,3,7-15H2,1-2H3,(H,26,30,32). The number of piperidine rings is 1. The van der Waals surface area contributed by atoms with Crippen molar-refractivity contribution in [1.29, 1.82) is 0 Å². The fourth-order valence-electron chi connectivity index (χ4n) is 5.04. The second kappa shape index (κ2) is 10.0. The quantitative estimate of drug-likeness (QED) is 0.580. The lowest BCUT2D eigenvalue weighted by Crippen LogP contribution is -2.52. The van der Waals surface area contributed by atoms with Crippen molar-refractivity contribution in [2.45, 2.75) is 58.3 Å². The summed E-state index contributed by atoms with van der Waals surface area (Å²) in [5.74, 6) is -0.676. The highest BCUT2D eigenvalue weighted by atomic mass is 16.2. The van der Waals surface area contributed by atoms with Gasteiger partial charge in [0.25, 0.3) is 5.91 Å². The Morgan fingerprint density at radius 3 is 2.67 bits per heavy atom. The van der Waals surface area contributed by atoms with Crippen molar-refractivity contribution >= 4 is 23.6 Å². The number of amides is 4. The first-order valence-corrected chi connectivity index (χ1v) is 11.9. The molecule has 4 rings (SSSR count). The Kier molecular flexibility index (Phi) is 7.09. The van der Waals surface area contributed by atoms with E-state index in [2.05, 4.69) is 29.4 Å². The molecular weight excluding hydrogens is 422 g/mol. The summed E-state index contributed by atoms with van der Waals surface area (Å²) >= 11 is 0. The topological polar surface area (TPSA) is 102 Å². The molecule has 2 N–H and O–H groups in total. The zero-order valence-corrected chi connectivity index (χ0v) is 19.4. The predicted octanol–water partition coefficient (Wildman–Crippen LogP) is 0.480. The summed E-state index contributed by atoms with van der Waals surface area (Å²) in [6.45, 7) is 8.96. The number of fused-ring (bicyclic) bond motifs is 1. The highest BCUT2D eigenvalue weighted by Crippen LogP contribution is 2.30. The van der Waals surface area contributed by atoms with Crippen molar-refractivity contribution in [3.05, 3.63) is 34.9 Å². The molecule has 2 saturated heterocycles. The summed E-state index contributed by atoms with van der Waals surface area (Å²) in [6, 6.07) is 5.25. The Morgan fingerprint density at radius 2 is 1.97 bits per heavy atom. The summed E-state index contributed by atoms with van der Waals surface area (Å²) in [5.41, 5.74) is 2.47. The fourth-order valence-corrected chi connectivity index (χ4v) is 5.04. The molecule has 33 heavy (non-hydrogen) atoms. The Morgan fingerprint density at radius 1 is 1.21 bits per heavy atom. The van der Waals surface area contributed by atoms with Crippen LogP contribution in [0.4, 0.5) is 0 Å². The Bertz CT molecular complexity index is 943.